The number of benzene rings is 2. The maximum atomic E-state index is 13.3. The lowest BCUT2D eigenvalue weighted by Crippen LogP contribution is -2.33. The van der Waals surface area contributed by atoms with Crippen molar-refractivity contribution in [2.75, 3.05) is 30.3 Å². The highest BCUT2D eigenvalue weighted by atomic mass is 35.5. The van der Waals surface area contributed by atoms with Crippen LogP contribution < -0.4 is 14.4 Å². The predicted octanol–water partition coefficient (Wildman–Crippen LogP) is 3.36. The fourth-order valence-corrected chi connectivity index (χ4v) is 3.62. The fourth-order valence-electron chi connectivity index (χ4n) is 2.49. The second-order valence-corrected chi connectivity index (χ2v) is 8.50. The average Bonchev–Trinajstić information content (AvgIpc) is 2.65. The van der Waals surface area contributed by atoms with Gasteiger partial charge in [-0.2, -0.15) is 0 Å². The van der Waals surface area contributed by atoms with E-state index in [1.54, 1.807) is 0 Å². The van der Waals surface area contributed by atoms with E-state index in [4.69, 9.17) is 16.3 Å². The molecule has 2 aromatic rings. The van der Waals surface area contributed by atoms with Crippen molar-refractivity contribution < 1.29 is 26.7 Å². The zero-order valence-electron chi connectivity index (χ0n) is 15.7. The Morgan fingerprint density at radius 1 is 1.17 bits per heavy atom. The first kappa shape index (κ1) is 22.9. The molecule has 0 radical (unpaired) electrons. The molecule has 0 heterocycles. The molecule has 1 N–H and O–H groups in total. The molecule has 158 valence electrons. The number of carbonyl (C=O) groups excluding carboxylic acids is 1. The van der Waals surface area contributed by atoms with Crippen molar-refractivity contribution in [1.82, 2.24) is 5.32 Å². The number of anilines is 1. The highest BCUT2D eigenvalue weighted by Crippen LogP contribution is 2.24. The number of carbonyl (C=O) groups is 1. The van der Waals surface area contributed by atoms with Crippen molar-refractivity contribution in [3.63, 3.8) is 0 Å². The second-order valence-electron chi connectivity index (χ2n) is 6.19. The molecule has 1 amide bonds. The van der Waals surface area contributed by atoms with E-state index < -0.39 is 15.8 Å². The van der Waals surface area contributed by atoms with Gasteiger partial charge in [0.15, 0.2) is 0 Å². The van der Waals surface area contributed by atoms with E-state index >= 15 is 0 Å². The largest absolute Gasteiger partial charge is 0.492 e. The molecule has 0 atom stereocenters. The number of halogens is 3. The minimum atomic E-state index is -3.63. The number of sulfonamides is 1. The quantitative estimate of drug-likeness (QED) is 0.568. The molecule has 0 aliphatic rings. The van der Waals surface area contributed by atoms with Gasteiger partial charge in [0.1, 0.15) is 24.0 Å². The Labute approximate surface area is 173 Å². The van der Waals surface area contributed by atoms with Gasteiger partial charge in [-0.1, -0.05) is 11.6 Å². The van der Waals surface area contributed by atoms with Crippen molar-refractivity contribution in [3.05, 3.63) is 59.1 Å². The van der Waals surface area contributed by atoms with Crippen molar-refractivity contribution in [2.24, 2.45) is 0 Å². The summed E-state index contributed by atoms with van der Waals surface area (Å²) < 4.78 is 56.6. The maximum Gasteiger partial charge on any atom is 0.232 e. The predicted molar refractivity (Wildman–Crippen MR) is 108 cm³/mol. The minimum absolute atomic E-state index is 0.0420. The van der Waals surface area contributed by atoms with Crippen LogP contribution >= 0.6 is 11.6 Å². The summed E-state index contributed by atoms with van der Waals surface area (Å²) >= 11 is 5.72. The SMILES string of the molecule is CS(=O)(=O)N(CCCC(=O)NCCOc1ccc(F)cc1)c1ccc(F)c(Cl)c1. The van der Waals surface area contributed by atoms with E-state index in [0.29, 0.717) is 5.75 Å². The summed E-state index contributed by atoms with van der Waals surface area (Å²) in [6.45, 7) is 0.501. The van der Waals surface area contributed by atoms with Crippen LogP contribution in [0.25, 0.3) is 0 Å². The van der Waals surface area contributed by atoms with Gasteiger partial charge in [0.25, 0.3) is 0 Å². The van der Waals surface area contributed by atoms with Crippen molar-refractivity contribution >= 4 is 33.2 Å². The number of amides is 1. The third kappa shape index (κ3) is 7.51. The molecule has 29 heavy (non-hydrogen) atoms. The standard InChI is InChI=1S/C19H21ClF2N2O4S/c1-29(26,27)24(15-6-9-18(22)17(20)13-15)11-2-3-19(25)23-10-12-28-16-7-4-14(21)5-8-16/h4-9,13H,2-3,10-12H2,1H3,(H,23,25). The minimum Gasteiger partial charge on any atom is -0.492 e. The Balaban J connectivity index is 1.77. The van der Waals surface area contributed by atoms with Crippen molar-refractivity contribution in [1.29, 1.82) is 0 Å². The molecule has 0 fully saturated rings. The lowest BCUT2D eigenvalue weighted by atomic mass is 10.2. The van der Waals surface area contributed by atoms with Crippen molar-refractivity contribution in [2.45, 2.75) is 12.8 Å². The molecule has 2 aromatic carbocycles. The summed E-state index contributed by atoms with van der Waals surface area (Å²) in [5.41, 5.74) is 0.229. The highest BCUT2D eigenvalue weighted by molar-refractivity contribution is 7.92. The van der Waals surface area contributed by atoms with Gasteiger partial charge in [0.05, 0.1) is 23.5 Å². The monoisotopic (exact) mass is 446 g/mol. The smallest absolute Gasteiger partial charge is 0.232 e. The van der Waals surface area contributed by atoms with Crippen LogP contribution in [0.3, 0.4) is 0 Å². The van der Waals surface area contributed by atoms with E-state index in [0.717, 1.165) is 16.6 Å². The number of hydrogen-bond acceptors (Lipinski definition) is 4. The van der Waals surface area contributed by atoms with Gasteiger partial charge < -0.3 is 10.1 Å². The molecule has 0 bridgehead atoms. The van der Waals surface area contributed by atoms with Gasteiger partial charge in [0.2, 0.25) is 15.9 Å². The normalized spacial score (nSPS) is 11.2. The van der Waals surface area contributed by atoms with Crippen LogP contribution in [0.5, 0.6) is 5.75 Å². The summed E-state index contributed by atoms with van der Waals surface area (Å²) in [5.74, 6) is -0.788. The van der Waals surface area contributed by atoms with Gasteiger partial charge in [-0.3, -0.25) is 9.10 Å². The summed E-state index contributed by atoms with van der Waals surface area (Å²) in [6, 6.07) is 9.15. The molecular formula is C19H21ClF2N2O4S. The number of hydrogen-bond donors (Lipinski definition) is 1. The van der Waals surface area contributed by atoms with Crippen molar-refractivity contribution in [3.8, 4) is 5.75 Å². The van der Waals surface area contributed by atoms with E-state index in [1.165, 1.54) is 36.4 Å². The van der Waals surface area contributed by atoms with Crippen LogP contribution in [-0.4, -0.2) is 40.3 Å². The van der Waals surface area contributed by atoms with Crippen LogP contribution in [0.15, 0.2) is 42.5 Å². The zero-order chi connectivity index (χ0) is 21.4. The number of nitrogens with one attached hydrogen (secondary N) is 1. The third-order valence-electron chi connectivity index (χ3n) is 3.86. The van der Waals surface area contributed by atoms with Crippen LogP contribution in [-0.2, 0) is 14.8 Å². The third-order valence-corrected chi connectivity index (χ3v) is 5.35. The van der Waals surface area contributed by atoms with Crippen LogP contribution in [0.4, 0.5) is 14.5 Å². The first-order valence-electron chi connectivity index (χ1n) is 8.74. The lowest BCUT2D eigenvalue weighted by molar-refractivity contribution is -0.121. The number of nitrogens with zero attached hydrogens (tertiary/aromatic N) is 1. The van der Waals surface area contributed by atoms with E-state index in [1.807, 2.05) is 0 Å². The van der Waals surface area contributed by atoms with E-state index in [9.17, 15) is 22.0 Å². The zero-order valence-corrected chi connectivity index (χ0v) is 17.3. The van der Waals surface area contributed by atoms with Crippen LogP contribution in [0.1, 0.15) is 12.8 Å². The first-order valence-corrected chi connectivity index (χ1v) is 11.0. The van der Waals surface area contributed by atoms with E-state index in [-0.39, 0.29) is 55.0 Å². The molecule has 10 heteroatoms. The van der Waals surface area contributed by atoms with E-state index in [2.05, 4.69) is 5.32 Å². The molecular weight excluding hydrogens is 426 g/mol. The Hall–Kier alpha value is -2.39. The van der Waals surface area contributed by atoms with Crippen LogP contribution in [0.2, 0.25) is 5.02 Å². The van der Waals surface area contributed by atoms with Crippen LogP contribution in [0, 0.1) is 11.6 Å². The fraction of sp³-hybridized carbons (Fsp3) is 0.316. The molecule has 0 unspecified atom stereocenters. The summed E-state index contributed by atoms with van der Waals surface area (Å²) in [6.07, 6.45) is 1.38. The second kappa shape index (κ2) is 10.4. The lowest BCUT2D eigenvalue weighted by Gasteiger charge is -2.22. The Bertz CT molecular complexity index is 940. The molecule has 0 saturated carbocycles. The van der Waals surface area contributed by atoms with Gasteiger partial charge in [-0.15, -0.1) is 0 Å². The molecule has 0 aliphatic carbocycles. The van der Waals surface area contributed by atoms with Gasteiger partial charge >= 0.3 is 0 Å². The Morgan fingerprint density at radius 3 is 2.48 bits per heavy atom. The average molecular weight is 447 g/mol. The summed E-state index contributed by atoms with van der Waals surface area (Å²) in [7, 11) is -3.63. The number of ether oxygens (including phenoxy) is 1. The molecule has 0 aliphatic heterocycles. The maximum absolute atomic E-state index is 13.3. The van der Waals surface area contributed by atoms with Gasteiger partial charge in [-0.25, -0.2) is 17.2 Å². The molecule has 2 rings (SSSR count). The molecule has 0 saturated heterocycles. The Kier molecular flexibility index (Phi) is 8.21. The topological polar surface area (TPSA) is 75.7 Å². The number of rotatable bonds is 10. The Morgan fingerprint density at radius 2 is 1.86 bits per heavy atom. The summed E-state index contributed by atoms with van der Waals surface area (Å²) in [4.78, 5) is 11.9. The molecule has 0 aromatic heterocycles. The molecule has 6 nitrogen and oxygen atoms in total. The first-order chi connectivity index (χ1) is 13.7. The summed E-state index contributed by atoms with van der Waals surface area (Å²) in [5, 5.41) is 2.47. The highest BCUT2D eigenvalue weighted by Gasteiger charge is 2.18. The van der Waals surface area contributed by atoms with Gasteiger partial charge in [-0.05, 0) is 48.9 Å². The molecule has 0 spiro atoms. The van der Waals surface area contributed by atoms with Gasteiger partial charge in [0, 0.05) is 13.0 Å².